The van der Waals surface area contributed by atoms with Gasteiger partial charge in [-0.1, -0.05) is 18.2 Å². The molecule has 4 heteroatoms. The van der Waals surface area contributed by atoms with Crippen molar-refractivity contribution in [2.24, 2.45) is 0 Å². The van der Waals surface area contributed by atoms with E-state index in [2.05, 4.69) is 4.90 Å². The quantitative estimate of drug-likeness (QED) is 0.671. The van der Waals surface area contributed by atoms with Gasteiger partial charge in [0.2, 0.25) is 0 Å². The molecular weight excluding hydrogens is 242 g/mol. The number of hydrogen-bond acceptors (Lipinski definition) is 3. The van der Waals surface area contributed by atoms with Crippen molar-refractivity contribution in [3.8, 4) is 0 Å². The molecule has 1 rings (SSSR count). The summed E-state index contributed by atoms with van der Waals surface area (Å²) in [5.74, 6) is -0.860. The number of nitrogens with zero attached hydrogens (tertiary/aromatic N) is 1. The fraction of sp³-hybridized carbons (Fsp3) is 0.533. The Morgan fingerprint density at radius 1 is 1.16 bits per heavy atom. The Balaban J connectivity index is 2.37. The SMILES string of the molecule is CN(CCCCCO)CCc1ccccc1C(=O)O. The molecule has 4 nitrogen and oxygen atoms in total. The summed E-state index contributed by atoms with van der Waals surface area (Å²) < 4.78 is 0. The van der Waals surface area contributed by atoms with E-state index in [-0.39, 0.29) is 6.61 Å². The molecule has 1 aromatic carbocycles. The first-order valence-electron chi connectivity index (χ1n) is 6.75. The summed E-state index contributed by atoms with van der Waals surface area (Å²) in [7, 11) is 2.04. The second-order valence-corrected chi connectivity index (χ2v) is 4.80. The molecule has 0 heterocycles. The largest absolute Gasteiger partial charge is 0.478 e. The summed E-state index contributed by atoms with van der Waals surface area (Å²) >= 11 is 0. The summed E-state index contributed by atoms with van der Waals surface area (Å²) in [4.78, 5) is 13.3. The minimum atomic E-state index is -0.860. The van der Waals surface area contributed by atoms with Gasteiger partial charge in [0.05, 0.1) is 5.56 Å². The van der Waals surface area contributed by atoms with Crippen LogP contribution >= 0.6 is 0 Å². The van der Waals surface area contributed by atoms with Crippen LogP contribution in [0.3, 0.4) is 0 Å². The summed E-state index contributed by atoms with van der Waals surface area (Å²) in [5.41, 5.74) is 1.29. The van der Waals surface area contributed by atoms with Crippen LogP contribution in [0.25, 0.3) is 0 Å². The van der Waals surface area contributed by atoms with Gasteiger partial charge in [-0.3, -0.25) is 0 Å². The Labute approximate surface area is 114 Å². The topological polar surface area (TPSA) is 60.8 Å². The van der Waals surface area contributed by atoms with Crippen LogP contribution in [0, 0.1) is 0 Å². The first kappa shape index (κ1) is 15.7. The highest BCUT2D eigenvalue weighted by molar-refractivity contribution is 5.89. The molecule has 2 N–H and O–H groups in total. The maximum absolute atomic E-state index is 11.1. The average Bonchev–Trinajstić information content (AvgIpc) is 2.41. The van der Waals surface area contributed by atoms with E-state index in [0.29, 0.717) is 5.56 Å². The molecule has 0 aliphatic carbocycles. The van der Waals surface area contributed by atoms with Gasteiger partial charge in [0.1, 0.15) is 0 Å². The van der Waals surface area contributed by atoms with Crippen LogP contribution in [0.5, 0.6) is 0 Å². The van der Waals surface area contributed by atoms with E-state index in [0.717, 1.165) is 44.3 Å². The molecule has 0 aromatic heterocycles. The number of benzene rings is 1. The van der Waals surface area contributed by atoms with E-state index in [9.17, 15) is 4.79 Å². The van der Waals surface area contributed by atoms with E-state index < -0.39 is 5.97 Å². The normalized spacial score (nSPS) is 10.9. The summed E-state index contributed by atoms with van der Waals surface area (Å²) in [6.07, 6.45) is 3.71. The van der Waals surface area contributed by atoms with Gasteiger partial charge < -0.3 is 15.1 Å². The molecule has 19 heavy (non-hydrogen) atoms. The lowest BCUT2D eigenvalue weighted by Gasteiger charge is -2.17. The second-order valence-electron chi connectivity index (χ2n) is 4.80. The first-order valence-corrected chi connectivity index (χ1v) is 6.75. The predicted molar refractivity (Wildman–Crippen MR) is 75.5 cm³/mol. The number of likely N-dealkylation sites (N-methyl/N-ethyl adjacent to an activating group) is 1. The predicted octanol–water partition coefficient (Wildman–Crippen LogP) is 2.02. The lowest BCUT2D eigenvalue weighted by molar-refractivity contribution is 0.0695. The fourth-order valence-corrected chi connectivity index (χ4v) is 2.04. The van der Waals surface area contributed by atoms with Crippen molar-refractivity contribution in [3.63, 3.8) is 0 Å². The average molecular weight is 265 g/mol. The number of carbonyl (C=O) groups is 1. The standard InChI is InChI=1S/C15H23NO3/c1-16(10-5-2-6-12-17)11-9-13-7-3-4-8-14(13)15(18)19/h3-4,7-8,17H,2,5-6,9-12H2,1H3,(H,18,19). The third-order valence-electron chi connectivity index (χ3n) is 3.21. The van der Waals surface area contributed by atoms with Crippen LogP contribution in [0.1, 0.15) is 35.2 Å². The fourth-order valence-electron chi connectivity index (χ4n) is 2.04. The summed E-state index contributed by atoms with van der Waals surface area (Å²) in [6, 6.07) is 7.16. The van der Waals surface area contributed by atoms with Crippen molar-refractivity contribution >= 4 is 5.97 Å². The van der Waals surface area contributed by atoms with Crippen molar-refractivity contribution in [1.29, 1.82) is 0 Å². The number of carboxylic acid groups (broad SMARTS) is 1. The number of unbranched alkanes of at least 4 members (excludes halogenated alkanes) is 2. The molecular formula is C15H23NO3. The summed E-state index contributed by atoms with van der Waals surface area (Å²) in [6.45, 7) is 2.09. The van der Waals surface area contributed by atoms with Crippen LogP contribution in [0.2, 0.25) is 0 Å². The molecule has 0 fully saturated rings. The highest BCUT2D eigenvalue weighted by atomic mass is 16.4. The number of rotatable bonds is 9. The summed E-state index contributed by atoms with van der Waals surface area (Å²) in [5, 5.41) is 17.8. The van der Waals surface area contributed by atoms with Crippen LogP contribution in [-0.4, -0.2) is 47.8 Å². The number of aromatic carboxylic acids is 1. The number of carboxylic acids is 1. The Bertz CT molecular complexity index is 393. The maximum atomic E-state index is 11.1. The Hall–Kier alpha value is -1.39. The molecule has 0 aliphatic heterocycles. The lowest BCUT2D eigenvalue weighted by Crippen LogP contribution is -2.23. The van der Waals surface area contributed by atoms with Gasteiger partial charge >= 0.3 is 5.97 Å². The third-order valence-corrected chi connectivity index (χ3v) is 3.21. The van der Waals surface area contributed by atoms with E-state index >= 15 is 0 Å². The van der Waals surface area contributed by atoms with Crippen LogP contribution in [0.15, 0.2) is 24.3 Å². The molecule has 0 unspecified atom stereocenters. The monoisotopic (exact) mass is 265 g/mol. The lowest BCUT2D eigenvalue weighted by atomic mass is 10.0. The zero-order valence-electron chi connectivity index (χ0n) is 11.5. The van der Waals surface area contributed by atoms with Gasteiger partial charge in [-0.05, 0) is 50.9 Å². The van der Waals surface area contributed by atoms with Crippen LogP contribution in [-0.2, 0) is 6.42 Å². The minimum absolute atomic E-state index is 0.260. The van der Waals surface area contributed by atoms with Crippen LogP contribution < -0.4 is 0 Å². The van der Waals surface area contributed by atoms with Gasteiger partial charge in [0.25, 0.3) is 0 Å². The molecule has 0 saturated heterocycles. The van der Waals surface area contributed by atoms with Crippen molar-refractivity contribution in [2.75, 3.05) is 26.7 Å². The first-order chi connectivity index (χ1) is 9.15. The molecule has 0 spiro atoms. The molecule has 0 atom stereocenters. The maximum Gasteiger partial charge on any atom is 0.335 e. The van der Waals surface area contributed by atoms with E-state index in [1.165, 1.54) is 0 Å². The zero-order chi connectivity index (χ0) is 14.1. The molecule has 106 valence electrons. The zero-order valence-corrected chi connectivity index (χ0v) is 11.5. The number of aliphatic hydroxyl groups excluding tert-OH is 1. The van der Waals surface area contributed by atoms with Gasteiger partial charge in [0, 0.05) is 13.2 Å². The molecule has 0 saturated carbocycles. The Kier molecular flexibility index (Phi) is 7.15. The number of hydrogen-bond donors (Lipinski definition) is 2. The molecule has 1 aromatic rings. The molecule has 0 bridgehead atoms. The molecule has 0 amide bonds. The van der Waals surface area contributed by atoms with E-state index in [1.807, 2.05) is 19.2 Å². The Morgan fingerprint density at radius 2 is 1.89 bits per heavy atom. The van der Waals surface area contributed by atoms with E-state index in [1.54, 1.807) is 12.1 Å². The van der Waals surface area contributed by atoms with Crippen LogP contribution in [0.4, 0.5) is 0 Å². The van der Waals surface area contributed by atoms with Crippen molar-refractivity contribution < 1.29 is 15.0 Å². The van der Waals surface area contributed by atoms with E-state index in [4.69, 9.17) is 10.2 Å². The van der Waals surface area contributed by atoms with Gasteiger partial charge in [-0.25, -0.2) is 4.79 Å². The highest BCUT2D eigenvalue weighted by Crippen LogP contribution is 2.10. The van der Waals surface area contributed by atoms with Gasteiger partial charge in [0.15, 0.2) is 0 Å². The molecule has 0 radical (unpaired) electrons. The van der Waals surface area contributed by atoms with Crippen molar-refractivity contribution in [2.45, 2.75) is 25.7 Å². The smallest absolute Gasteiger partial charge is 0.335 e. The minimum Gasteiger partial charge on any atom is -0.478 e. The van der Waals surface area contributed by atoms with Crippen molar-refractivity contribution in [1.82, 2.24) is 4.90 Å². The number of aliphatic hydroxyl groups is 1. The van der Waals surface area contributed by atoms with Crippen molar-refractivity contribution in [3.05, 3.63) is 35.4 Å². The van der Waals surface area contributed by atoms with Gasteiger partial charge in [-0.15, -0.1) is 0 Å². The molecule has 0 aliphatic rings. The Morgan fingerprint density at radius 3 is 2.58 bits per heavy atom. The van der Waals surface area contributed by atoms with Gasteiger partial charge in [-0.2, -0.15) is 0 Å². The second kappa shape index (κ2) is 8.67. The highest BCUT2D eigenvalue weighted by Gasteiger charge is 2.09. The third kappa shape index (κ3) is 5.85.